The second-order valence-electron chi connectivity index (χ2n) is 8.66. The van der Waals surface area contributed by atoms with E-state index in [-0.39, 0.29) is 12.2 Å². The van der Waals surface area contributed by atoms with Crippen molar-refractivity contribution in [2.75, 3.05) is 19.8 Å². The van der Waals surface area contributed by atoms with Crippen LogP contribution in [0.3, 0.4) is 0 Å². The van der Waals surface area contributed by atoms with Crippen LogP contribution in [0.15, 0.2) is 69.7 Å². The van der Waals surface area contributed by atoms with Gasteiger partial charge in [0, 0.05) is 22.7 Å². The maximum Gasteiger partial charge on any atom is 0.338 e. The molecule has 38 heavy (non-hydrogen) atoms. The van der Waals surface area contributed by atoms with Crippen LogP contribution in [0.4, 0.5) is 0 Å². The molecule has 0 unspecified atom stereocenters. The first-order chi connectivity index (χ1) is 18.5. The van der Waals surface area contributed by atoms with E-state index in [4.69, 9.17) is 14.2 Å². The van der Waals surface area contributed by atoms with Gasteiger partial charge >= 0.3 is 5.97 Å². The highest BCUT2D eigenvalue weighted by molar-refractivity contribution is 7.07. The van der Waals surface area contributed by atoms with Gasteiger partial charge in [0.25, 0.3) is 5.56 Å². The Labute approximate surface area is 223 Å². The third kappa shape index (κ3) is 4.54. The van der Waals surface area contributed by atoms with Gasteiger partial charge in [0.1, 0.15) is 0 Å². The molecule has 0 saturated heterocycles. The molecule has 3 heterocycles. The van der Waals surface area contributed by atoms with Crippen molar-refractivity contribution in [3.63, 3.8) is 0 Å². The molecule has 2 aromatic carbocycles. The standard InChI is InChI=1S/C29H29N3O5S/c1-5-35-22-13-12-18(14-23(22)36-6-2)26-25(28(34)37-7-3)17(4)31-29-32(26)27(33)24(38-29)15-19-16-30-21-11-9-8-10-20(19)21/h8-16,26,30H,5-7H2,1-4H3/t26-/m1/s1. The Hall–Kier alpha value is -4.11. The number of nitrogens with one attached hydrogen (secondary N) is 1. The zero-order valence-electron chi connectivity index (χ0n) is 21.7. The van der Waals surface area contributed by atoms with Crippen molar-refractivity contribution < 1.29 is 19.0 Å². The van der Waals surface area contributed by atoms with Gasteiger partial charge in [-0.15, -0.1) is 0 Å². The molecule has 2 aromatic heterocycles. The predicted octanol–water partition coefficient (Wildman–Crippen LogP) is 4.08. The Kier molecular flexibility index (Phi) is 7.20. The molecular weight excluding hydrogens is 502 g/mol. The molecule has 0 amide bonds. The first-order valence-corrected chi connectivity index (χ1v) is 13.4. The molecule has 0 radical (unpaired) electrons. The van der Waals surface area contributed by atoms with Crippen molar-refractivity contribution in [2.45, 2.75) is 33.7 Å². The molecule has 0 fully saturated rings. The average Bonchev–Trinajstić information content (AvgIpc) is 3.45. The van der Waals surface area contributed by atoms with E-state index >= 15 is 0 Å². The number of allylic oxidation sites excluding steroid dienone is 1. The van der Waals surface area contributed by atoms with E-state index in [0.29, 0.717) is 50.9 Å². The molecule has 4 aromatic rings. The molecule has 0 aliphatic carbocycles. The summed E-state index contributed by atoms with van der Waals surface area (Å²) in [6.45, 7) is 8.45. The zero-order valence-corrected chi connectivity index (χ0v) is 22.6. The third-order valence-corrected chi connectivity index (χ3v) is 7.29. The van der Waals surface area contributed by atoms with Gasteiger partial charge in [-0.05, 0) is 57.5 Å². The number of carbonyl (C=O) groups is 1. The molecule has 9 heteroatoms. The van der Waals surface area contributed by atoms with E-state index in [2.05, 4.69) is 9.98 Å². The molecular formula is C29H29N3O5S. The lowest BCUT2D eigenvalue weighted by molar-refractivity contribution is -0.139. The lowest BCUT2D eigenvalue weighted by Crippen LogP contribution is -2.40. The van der Waals surface area contributed by atoms with Crippen molar-refractivity contribution >= 4 is 34.3 Å². The fraction of sp³-hybridized carbons (Fsp3) is 0.276. The minimum Gasteiger partial charge on any atom is -0.490 e. The van der Waals surface area contributed by atoms with Gasteiger partial charge in [-0.3, -0.25) is 9.36 Å². The van der Waals surface area contributed by atoms with Crippen LogP contribution in [0.2, 0.25) is 0 Å². The number of nitrogens with zero attached hydrogens (tertiary/aromatic N) is 2. The molecule has 8 nitrogen and oxygen atoms in total. The number of benzene rings is 2. The number of hydrogen-bond acceptors (Lipinski definition) is 7. The molecule has 1 aliphatic heterocycles. The lowest BCUT2D eigenvalue weighted by atomic mass is 9.95. The van der Waals surface area contributed by atoms with Crippen molar-refractivity contribution in [2.24, 2.45) is 4.99 Å². The van der Waals surface area contributed by atoms with Crippen molar-refractivity contribution in [3.05, 3.63) is 90.7 Å². The first-order valence-electron chi connectivity index (χ1n) is 12.6. The Morgan fingerprint density at radius 3 is 2.61 bits per heavy atom. The van der Waals surface area contributed by atoms with Crippen LogP contribution in [0.5, 0.6) is 11.5 Å². The number of aromatic amines is 1. The molecule has 0 saturated carbocycles. The summed E-state index contributed by atoms with van der Waals surface area (Å²) in [5, 5.41) is 1.02. The maximum atomic E-state index is 13.9. The fourth-order valence-corrected chi connectivity index (χ4v) is 5.74. The average molecular weight is 532 g/mol. The number of aromatic nitrogens is 2. The number of H-pyrrole nitrogens is 1. The summed E-state index contributed by atoms with van der Waals surface area (Å²) in [4.78, 5) is 35.5. The van der Waals surface area contributed by atoms with Crippen LogP contribution < -0.4 is 24.4 Å². The highest BCUT2D eigenvalue weighted by Gasteiger charge is 2.34. The summed E-state index contributed by atoms with van der Waals surface area (Å²) in [5.74, 6) is 0.644. The molecule has 0 bridgehead atoms. The van der Waals surface area contributed by atoms with Gasteiger partial charge in [0.2, 0.25) is 0 Å². The number of para-hydroxylation sites is 1. The fourth-order valence-electron chi connectivity index (χ4n) is 4.70. The van der Waals surface area contributed by atoms with E-state index in [1.807, 2.05) is 68.6 Å². The minimum absolute atomic E-state index is 0.209. The Bertz CT molecular complexity index is 1730. The minimum atomic E-state index is -0.731. The summed E-state index contributed by atoms with van der Waals surface area (Å²) in [5.41, 5.74) is 3.20. The number of carbonyl (C=O) groups excluding carboxylic acids is 1. The summed E-state index contributed by atoms with van der Waals surface area (Å²) >= 11 is 1.30. The van der Waals surface area contributed by atoms with E-state index in [1.54, 1.807) is 18.4 Å². The Morgan fingerprint density at radius 1 is 1.08 bits per heavy atom. The second-order valence-corrected chi connectivity index (χ2v) is 9.67. The van der Waals surface area contributed by atoms with Crippen molar-refractivity contribution in [1.82, 2.24) is 9.55 Å². The Morgan fingerprint density at radius 2 is 1.84 bits per heavy atom. The third-order valence-electron chi connectivity index (χ3n) is 6.31. The van der Waals surface area contributed by atoms with Gasteiger partial charge in [-0.25, -0.2) is 9.79 Å². The lowest BCUT2D eigenvalue weighted by Gasteiger charge is -2.25. The molecule has 5 rings (SSSR count). The smallest absolute Gasteiger partial charge is 0.338 e. The SMILES string of the molecule is CCOC(=O)C1=C(C)N=c2sc(=Cc3c[nH]c4ccccc34)c(=O)n2[C@@H]1c1ccc(OCC)c(OCC)c1. The van der Waals surface area contributed by atoms with Gasteiger partial charge in [-0.1, -0.05) is 35.6 Å². The molecule has 196 valence electrons. The van der Waals surface area contributed by atoms with Crippen LogP contribution in [0.25, 0.3) is 17.0 Å². The van der Waals surface area contributed by atoms with E-state index in [1.165, 1.54) is 11.3 Å². The first kappa shape index (κ1) is 25.5. The van der Waals surface area contributed by atoms with E-state index in [9.17, 15) is 9.59 Å². The van der Waals surface area contributed by atoms with Crippen LogP contribution in [0.1, 0.15) is 44.9 Å². The van der Waals surface area contributed by atoms with Gasteiger partial charge in [-0.2, -0.15) is 0 Å². The number of thiazole rings is 1. The summed E-state index contributed by atoms with van der Waals surface area (Å²) in [6.07, 6.45) is 3.75. The molecule has 1 N–H and O–H groups in total. The number of rotatable bonds is 8. The van der Waals surface area contributed by atoms with E-state index < -0.39 is 12.0 Å². The summed E-state index contributed by atoms with van der Waals surface area (Å²) < 4.78 is 19.1. The second kappa shape index (κ2) is 10.7. The highest BCUT2D eigenvalue weighted by Crippen LogP contribution is 2.36. The van der Waals surface area contributed by atoms with Gasteiger partial charge in [0.15, 0.2) is 16.3 Å². The number of hydrogen-bond donors (Lipinski definition) is 1. The number of fused-ring (bicyclic) bond motifs is 2. The van der Waals surface area contributed by atoms with Gasteiger partial charge in [0.05, 0.1) is 41.7 Å². The summed E-state index contributed by atoms with van der Waals surface area (Å²) in [6, 6.07) is 12.7. The van der Waals surface area contributed by atoms with Crippen LogP contribution in [0, 0.1) is 0 Å². The van der Waals surface area contributed by atoms with Crippen molar-refractivity contribution in [3.8, 4) is 11.5 Å². The molecule has 0 spiro atoms. The molecule has 1 atom stereocenters. The predicted molar refractivity (Wildman–Crippen MR) is 147 cm³/mol. The molecule has 1 aliphatic rings. The number of ether oxygens (including phenoxy) is 3. The maximum absolute atomic E-state index is 13.9. The number of esters is 1. The summed E-state index contributed by atoms with van der Waals surface area (Å²) in [7, 11) is 0. The van der Waals surface area contributed by atoms with E-state index in [0.717, 1.165) is 16.5 Å². The normalized spacial score (nSPS) is 15.4. The van der Waals surface area contributed by atoms with Gasteiger partial charge < -0.3 is 19.2 Å². The highest BCUT2D eigenvalue weighted by atomic mass is 32.1. The van der Waals surface area contributed by atoms with Crippen LogP contribution in [-0.4, -0.2) is 35.3 Å². The topological polar surface area (TPSA) is 94.9 Å². The Balaban J connectivity index is 1.73. The van der Waals surface area contributed by atoms with Crippen LogP contribution in [-0.2, 0) is 9.53 Å². The monoisotopic (exact) mass is 531 g/mol. The quantitative estimate of drug-likeness (QED) is 0.346. The van der Waals surface area contributed by atoms with Crippen LogP contribution >= 0.6 is 11.3 Å². The largest absolute Gasteiger partial charge is 0.490 e. The van der Waals surface area contributed by atoms with Crippen molar-refractivity contribution in [1.29, 1.82) is 0 Å². The zero-order chi connectivity index (χ0) is 26.8.